The third kappa shape index (κ3) is 3.78. The van der Waals surface area contributed by atoms with E-state index in [2.05, 4.69) is 15.2 Å². The number of fused-ring (bicyclic) bond motifs is 1. The summed E-state index contributed by atoms with van der Waals surface area (Å²) in [6.07, 6.45) is 5.11. The van der Waals surface area contributed by atoms with Crippen molar-refractivity contribution >= 4 is 22.7 Å². The van der Waals surface area contributed by atoms with E-state index in [9.17, 15) is 13.2 Å². The number of pyridine rings is 1. The lowest BCUT2D eigenvalue weighted by Crippen LogP contribution is -2.36. The van der Waals surface area contributed by atoms with Gasteiger partial charge in [0.15, 0.2) is 11.6 Å². The molecule has 1 aliphatic carbocycles. The van der Waals surface area contributed by atoms with Crippen molar-refractivity contribution in [2.24, 2.45) is 5.92 Å². The summed E-state index contributed by atoms with van der Waals surface area (Å²) in [5, 5.41) is 3.45. The summed E-state index contributed by atoms with van der Waals surface area (Å²) in [5.74, 6) is -0.208. The van der Waals surface area contributed by atoms with Crippen molar-refractivity contribution < 1.29 is 13.2 Å². The number of hydrogen-bond donors (Lipinski definition) is 1. The fraction of sp³-hybridized carbons (Fsp3) is 0.409. The van der Waals surface area contributed by atoms with Gasteiger partial charge in [0, 0.05) is 30.9 Å². The number of rotatable bonds is 5. The molecule has 2 fully saturated rings. The summed E-state index contributed by atoms with van der Waals surface area (Å²) in [5.41, 5.74) is 1.29. The minimum Gasteiger partial charge on any atom is -0.364 e. The van der Waals surface area contributed by atoms with Crippen LogP contribution >= 0.6 is 0 Å². The number of nitrogens with one attached hydrogen (secondary N) is 1. The Morgan fingerprint density at radius 1 is 1.00 bits per heavy atom. The highest BCUT2D eigenvalue weighted by Crippen LogP contribution is 2.38. The highest BCUT2D eigenvalue weighted by atomic mass is 19.1. The van der Waals surface area contributed by atoms with Crippen molar-refractivity contribution in [3.63, 3.8) is 0 Å². The molecule has 0 amide bonds. The summed E-state index contributed by atoms with van der Waals surface area (Å²) in [6.45, 7) is 1.14. The number of aromatic nitrogens is 3. The van der Waals surface area contributed by atoms with Crippen molar-refractivity contribution in [2.45, 2.75) is 37.9 Å². The van der Waals surface area contributed by atoms with Crippen LogP contribution in [0.2, 0.25) is 0 Å². The van der Waals surface area contributed by atoms with Crippen LogP contribution in [0.1, 0.15) is 37.4 Å². The molecule has 2 aliphatic rings. The van der Waals surface area contributed by atoms with Crippen LogP contribution in [-0.4, -0.2) is 34.1 Å². The fourth-order valence-electron chi connectivity index (χ4n) is 4.02. The Bertz CT molecular complexity index is 1060. The fourth-order valence-corrected chi connectivity index (χ4v) is 4.02. The average Bonchev–Trinajstić information content (AvgIpc) is 3.59. The number of hydrogen-bond acceptors (Lipinski definition) is 5. The zero-order chi connectivity index (χ0) is 20.7. The van der Waals surface area contributed by atoms with E-state index in [0.717, 1.165) is 48.2 Å². The highest BCUT2D eigenvalue weighted by Gasteiger charge is 2.32. The van der Waals surface area contributed by atoms with Crippen LogP contribution < -0.4 is 10.2 Å². The molecule has 1 aliphatic heterocycles. The molecular weight excluding hydrogens is 391 g/mol. The Hall–Kier alpha value is -2.90. The molecule has 0 spiro atoms. The quantitative estimate of drug-likeness (QED) is 0.651. The van der Waals surface area contributed by atoms with Gasteiger partial charge < -0.3 is 10.2 Å². The monoisotopic (exact) mass is 413 g/mol. The molecule has 1 unspecified atom stereocenters. The summed E-state index contributed by atoms with van der Waals surface area (Å²) in [4.78, 5) is 15.7. The first kappa shape index (κ1) is 19.1. The number of nitrogens with zero attached hydrogens (tertiary/aromatic N) is 4. The Morgan fingerprint density at radius 3 is 2.57 bits per heavy atom. The standard InChI is InChI=1S/C22H22F3N5/c23-14-1-4-17(24)16(11-14)20(25)13-6-9-30(10-7-13)22-21(27-15-2-3-15)28-18-5-8-26-12-19(18)29-22/h1,4-5,8,11-13,15,20H,2-3,6-7,9-10H2,(H,27,28). The third-order valence-electron chi connectivity index (χ3n) is 5.87. The molecule has 0 radical (unpaired) electrons. The van der Waals surface area contributed by atoms with Crippen LogP contribution in [0, 0.1) is 17.6 Å². The van der Waals surface area contributed by atoms with Gasteiger partial charge in [0.05, 0.1) is 11.7 Å². The van der Waals surface area contributed by atoms with Gasteiger partial charge in [-0.2, -0.15) is 0 Å². The van der Waals surface area contributed by atoms with Crippen LogP contribution in [0.3, 0.4) is 0 Å². The lowest BCUT2D eigenvalue weighted by atomic mass is 9.88. The SMILES string of the molecule is Fc1ccc(F)c(C(F)C2CCN(c3nc4cnccc4nc3NC3CC3)CC2)c1. The van der Waals surface area contributed by atoms with E-state index in [1.54, 1.807) is 12.4 Å². The van der Waals surface area contributed by atoms with Gasteiger partial charge in [-0.25, -0.2) is 23.1 Å². The van der Waals surface area contributed by atoms with Gasteiger partial charge in [-0.15, -0.1) is 0 Å². The molecule has 1 N–H and O–H groups in total. The second-order valence-electron chi connectivity index (χ2n) is 8.07. The maximum absolute atomic E-state index is 15.0. The number of alkyl halides is 1. The summed E-state index contributed by atoms with van der Waals surface area (Å²) < 4.78 is 42.5. The molecule has 3 aromatic rings. The Balaban J connectivity index is 1.36. The molecule has 2 aromatic heterocycles. The smallest absolute Gasteiger partial charge is 0.172 e. The summed E-state index contributed by atoms with van der Waals surface area (Å²) in [7, 11) is 0. The Kier molecular flexibility index (Phi) is 4.92. The minimum absolute atomic E-state index is 0.193. The lowest BCUT2D eigenvalue weighted by Gasteiger charge is -2.35. The largest absolute Gasteiger partial charge is 0.364 e. The van der Waals surface area contributed by atoms with Gasteiger partial charge in [0.25, 0.3) is 0 Å². The van der Waals surface area contributed by atoms with Crippen molar-refractivity contribution in [2.75, 3.05) is 23.3 Å². The predicted octanol–water partition coefficient (Wildman–Crippen LogP) is 4.80. The molecule has 3 heterocycles. The zero-order valence-corrected chi connectivity index (χ0v) is 16.4. The van der Waals surface area contributed by atoms with Gasteiger partial charge >= 0.3 is 0 Å². The number of anilines is 2. The average molecular weight is 413 g/mol. The predicted molar refractivity (Wildman–Crippen MR) is 109 cm³/mol. The van der Waals surface area contributed by atoms with Gasteiger partial charge in [-0.3, -0.25) is 4.98 Å². The molecule has 0 bridgehead atoms. The number of piperidine rings is 1. The van der Waals surface area contributed by atoms with Crippen LogP contribution in [0.25, 0.3) is 11.0 Å². The molecule has 1 saturated carbocycles. The zero-order valence-electron chi connectivity index (χ0n) is 16.4. The molecule has 5 rings (SSSR count). The van der Waals surface area contributed by atoms with Crippen LogP contribution in [0.15, 0.2) is 36.7 Å². The van der Waals surface area contributed by atoms with Crippen molar-refractivity contribution in [3.05, 3.63) is 53.9 Å². The van der Waals surface area contributed by atoms with Gasteiger partial charge in [0.2, 0.25) is 0 Å². The van der Waals surface area contributed by atoms with Crippen LogP contribution in [-0.2, 0) is 0 Å². The second-order valence-corrected chi connectivity index (χ2v) is 8.07. The lowest BCUT2D eigenvalue weighted by molar-refractivity contribution is 0.193. The van der Waals surface area contributed by atoms with Gasteiger partial charge in [0.1, 0.15) is 23.3 Å². The number of benzene rings is 1. The van der Waals surface area contributed by atoms with Crippen LogP contribution in [0.4, 0.5) is 24.8 Å². The minimum atomic E-state index is -1.53. The molecule has 8 heteroatoms. The van der Waals surface area contributed by atoms with E-state index in [1.807, 2.05) is 6.07 Å². The number of halogens is 3. The molecule has 30 heavy (non-hydrogen) atoms. The molecule has 1 aromatic carbocycles. The topological polar surface area (TPSA) is 53.9 Å². The maximum atomic E-state index is 15.0. The molecule has 156 valence electrons. The van der Waals surface area contributed by atoms with E-state index in [1.165, 1.54) is 0 Å². The first-order chi connectivity index (χ1) is 14.6. The third-order valence-corrected chi connectivity index (χ3v) is 5.87. The molecule has 5 nitrogen and oxygen atoms in total. The van der Waals surface area contributed by atoms with E-state index in [4.69, 9.17) is 9.97 Å². The van der Waals surface area contributed by atoms with E-state index in [-0.39, 0.29) is 11.5 Å². The Morgan fingerprint density at radius 2 is 1.80 bits per heavy atom. The van der Waals surface area contributed by atoms with E-state index >= 15 is 0 Å². The second kappa shape index (κ2) is 7.74. The maximum Gasteiger partial charge on any atom is 0.172 e. The molecule has 1 atom stereocenters. The molecule has 1 saturated heterocycles. The first-order valence-corrected chi connectivity index (χ1v) is 10.3. The van der Waals surface area contributed by atoms with E-state index in [0.29, 0.717) is 37.5 Å². The Labute approximate surface area is 172 Å². The normalized spacial score (nSPS) is 18.6. The van der Waals surface area contributed by atoms with Crippen LogP contribution in [0.5, 0.6) is 0 Å². The van der Waals surface area contributed by atoms with E-state index < -0.39 is 17.8 Å². The highest BCUT2D eigenvalue weighted by molar-refractivity contribution is 5.80. The summed E-state index contributed by atoms with van der Waals surface area (Å²) >= 11 is 0. The van der Waals surface area contributed by atoms with Crippen molar-refractivity contribution in [1.29, 1.82) is 0 Å². The van der Waals surface area contributed by atoms with Crippen molar-refractivity contribution in [1.82, 2.24) is 15.0 Å². The van der Waals surface area contributed by atoms with Crippen molar-refractivity contribution in [3.8, 4) is 0 Å². The molecular formula is C22H22F3N5. The van der Waals surface area contributed by atoms with Gasteiger partial charge in [-0.05, 0) is 55.9 Å². The first-order valence-electron chi connectivity index (χ1n) is 10.3. The summed E-state index contributed by atoms with van der Waals surface area (Å²) in [6, 6.07) is 5.21. The van der Waals surface area contributed by atoms with Gasteiger partial charge in [-0.1, -0.05) is 0 Å².